The third kappa shape index (κ3) is 2.98. The van der Waals surface area contributed by atoms with Crippen LogP contribution in [0.15, 0.2) is 11.8 Å². The number of carbonyl (C=O) groups excluding carboxylic acids is 1. The smallest absolute Gasteiger partial charge is 0.229 e. The van der Waals surface area contributed by atoms with Gasteiger partial charge < -0.3 is 10.3 Å². The second kappa shape index (κ2) is 5.58. The van der Waals surface area contributed by atoms with E-state index in [4.69, 9.17) is 5.41 Å². The van der Waals surface area contributed by atoms with E-state index in [-0.39, 0.29) is 11.8 Å². The molecule has 0 rings (SSSR count). The SMILES string of the molecule is C/C=C(\C(C)=N)N(C)C(=O)C(C)CC. The van der Waals surface area contributed by atoms with Crippen LogP contribution < -0.4 is 0 Å². The molecule has 14 heavy (non-hydrogen) atoms. The first-order valence-corrected chi connectivity index (χ1v) is 4.95. The average Bonchev–Trinajstić information content (AvgIpc) is 2.15. The molecule has 0 aliphatic heterocycles. The lowest BCUT2D eigenvalue weighted by Crippen LogP contribution is -2.33. The van der Waals surface area contributed by atoms with Crippen LogP contribution in [0, 0.1) is 11.3 Å². The van der Waals surface area contributed by atoms with Gasteiger partial charge in [0, 0.05) is 13.0 Å². The molecule has 3 heteroatoms. The molecule has 0 aromatic carbocycles. The minimum Gasteiger partial charge on any atom is -0.314 e. The van der Waals surface area contributed by atoms with Crippen LogP contribution in [0.1, 0.15) is 34.1 Å². The molecular weight excluding hydrogens is 176 g/mol. The quantitative estimate of drug-likeness (QED) is 0.689. The number of allylic oxidation sites excluding steroid dienone is 2. The highest BCUT2D eigenvalue weighted by atomic mass is 16.2. The van der Waals surface area contributed by atoms with Gasteiger partial charge in [-0.3, -0.25) is 4.79 Å². The van der Waals surface area contributed by atoms with Crippen LogP contribution in [0.2, 0.25) is 0 Å². The van der Waals surface area contributed by atoms with Crippen molar-refractivity contribution >= 4 is 11.6 Å². The number of nitrogens with zero attached hydrogens (tertiary/aromatic N) is 1. The van der Waals surface area contributed by atoms with Crippen molar-refractivity contribution in [2.45, 2.75) is 34.1 Å². The monoisotopic (exact) mass is 196 g/mol. The Balaban J connectivity index is 4.68. The van der Waals surface area contributed by atoms with Crippen LogP contribution in [-0.4, -0.2) is 23.6 Å². The first kappa shape index (κ1) is 12.9. The van der Waals surface area contributed by atoms with Gasteiger partial charge >= 0.3 is 0 Å². The Hall–Kier alpha value is -1.12. The summed E-state index contributed by atoms with van der Waals surface area (Å²) in [6.45, 7) is 7.43. The molecule has 1 unspecified atom stereocenters. The lowest BCUT2D eigenvalue weighted by molar-refractivity contribution is -0.131. The summed E-state index contributed by atoms with van der Waals surface area (Å²) >= 11 is 0. The second-order valence-electron chi connectivity index (χ2n) is 3.51. The largest absolute Gasteiger partial charge is 0.314 e. The average molecular weight is 196 g/mol. The van der Waals surface area contributed by atoms with Crippen molar-refractivity contribution in [2.24, 2.45) is 5.92 Å². The highest BCUT2D eigenvalue weighted by molar-refractivity contribution is 5.99. The van der Waals surface area contributed by atoms with Gasteiger partial charge in [0.25, 0.3) is 0 Å². The normalized spacial score (nSPS) is 13.6. The molecule has 1 N–H and O–H groups in total. The molecule has 0 aromatic heterocycles. The van der Waals surface area contributed by atoms with Gasteiger partial charge in [-0.15, -0.1) is 0 Å². The van der Waals surface area contributed by atoms with Crippen molar-refractivity contribution in [3.63, 3.8) is 0 Å². The number of hydrogen-bond acceptors (Lipinski definition) is 2. The lowest BCUT2D eigenvalue weighted by atomic mass is 10.1. The maximum atomic E-state index is 11.8. The molecule has 1 atom stereocenters. The van der Waals surface area contributed by atoms with E-state index in [0.717, 1.165) is 6.42 Å². The number of carbonyl (C=O) groups is 1. The molecule has 3 nitrogen and oxygen atoms in total. The second-order valence-corrected chi connectivity index (χ2v) is 3.51. The minimum atomic E-state index is 0.0225. The fourth-order valence-corrected chi connectivity index (χ4v) is 1.29. The van der Waals surface area contributed by atoms with E-state index >= 15 is 0 Å². The molecule has 0 aliphatic rings. The molecule has 0 fully saturated rings. The van der Waals surface area contributed by atoms with E-state index in [1.807, 2.05) is 20.8 Å². The summed E-state index contributed by atoms with van der Waals surface area (Å²) in [5.74, 6) is 0.0986. The van der Waals surface area contributed by atoms with E-state index in [1.165, 1.54) is 0 Å². The zero-order valence-electron chi connectivity index (χ0n) is 9.72. The van der Waals surface area contributed by atoms with Gasteiger partial charge in [0.15, 0.2) is 0 Å². The maximum Gasteiger partial charge on any atom is 0.229 e. The van der Waals surface area contributed by atoms with E-state index in [1.54, 1.807) is 24.9 Å². The predicted octanol–water partition coefficient (Wildman–Crippen LogP) is 2.43. The standard InChI is InChI=1S/C11H20N2O/c1-6-8(3)11(14)13(5)10(7-2)9(4)12/h7-8,12H,6H2,1-5H3/b10-7+,12-9?. The molecule has 0 aromatic rings. The van der Waals surface area contributed by atoms with E-state index in [9.17, 15) is 4.79 Å². The third-order valence-corrected chi connectivity index (χ3v) is 2.38. The van der Waals surface area contributed by atoms with Crippen molar-refractivity contribution < 1.29 is 4.79 Å². The topological polar surface area (TPSA) is 44.2 Å². The maximum absolute atomic E-state index is 11.8. The van der Waals surface area contributed by atoms with E-state index in [0.29, 0.717) is 11.4 Å². The highest BCUT2D eigenvalue weighted by Crippen LogP contribution is 2.11. The van der Waals surface area contributed by atoms with Gasteiger partial charge in [-0.05, 0) is 20.3 Å². The Bertz CT molecular complexity index is 256. The fourth-order valence-electron chi connectivity index (χ4n) is 1.29. The number of rotatable bonds is 4. The van der Waals surface area contributed by atoms with Gasteiger partial charge in [-0.1, -0.05) is 19.9 Å². The Morgan fingerprint density at radius 3 is 2.36 bits per heavy atom. The molecule has 0 saturated carbocycles. The molecule has 80 valence electrons. The van der Waals surface area contributed by atoms with Gasteiger partial charge in [0.1, 0.15) is 0 Å². The zero-order valence-corrected chi connectivity index (χ0v) is 9.72. The molecule has 0 bridgehead atoms. The molecule has 0 saturated heterocycles. The van der Waals surface area contributed by atoms with Gasteiger partial charge in [0.2, 0.25) is 5.91 Å². The van der Waals surface area contributed by atoms with Crippen LogP contribution in [-0.2, 0) is 4.79 Å². The number of nitrogens with one attached hydrogen (secondary N) is 1. The summed E-state index contributed by atoms with van der Waals surface area (Å²) in [5.41, 5.74) is 1.11. The molecular formula is C11H20N2O. The van der Waals surface area contributed by atoms with Crippen molar-refractivity contribution in [3.05, 3.63) is 11.8 Å². The van der Waals surface area contributed by atoms with Crippen molar-refractivity contribution in [3.8, 4) is 0 Å². The molecule has 0 spiro atoms. The minimum absolute atomic E-state index is 0.0225. The van der Waals surface area contributed by atoms with Crippen LogP contribution in [0.3, 0.4) is 0 Å². The van der Waals surface area contributed by atoms with Crippen LogP contribution in [0.25, 0.3) is 0 Å². The van der Waals surface area contributed by atoms with E-state index < -0.39 is 0 Å². The van der Waals surface area contributed by atoms with Crippen LogP contribution >= 0.6 is 0 Å². The highest BCUT2D eigenvalue weighted by Gasteiger charge is 2.18. The number of hydrogen-bond donors (Lipinski definition) is 1. The van der Waals surface area contributed by atoms with E-state index in [2.05, 4.69) is 0 Å². The van der Waals surface area contributed by atoms with Crippen molar-refractivity contribution in [2.75, 3.05) is 7.05 Å². The summed E-state index contributed by atoms with van der Waals surface area (Å²) in [7, 11) is 1.72. The van der Waals surface area contributed by atoms with Gasteiger partial charge in [0.05, 0.1) is 11.4 Å². The first-order valence-electron chi connectivity index (χ1n) is 4.95. The first-order chi connectivity index (χ1) is 6.45. The third-order valence-electron chi connectivity index (χ3n) is 2.38. The molecule has 0 radical (unpaired) electrons. The summed E-state index contributed by atoms with van der Waals surface area (Å²) in [5, 5.41) is 7.51. The van der Waals surface area contributed by atoms with Gasteiger partial charge in [-0.2, -0.15) is 0 Å². The Kier molecular flexibility index (Phi) is 5.13. The summed E-state index contributed by atoms with van der Waals surface area (Å²) < 4.78 is 0. The number of amides is 1. The Labute approximate surface area is 86.3 Å². The summed E-state index contributed by atoms with van der Waals surface area (Å²) in [6, 6.07) is 0. The van der Waals surface area contributed by atoms with Gasteiger partial charge in [-0.25, -0.2) is 0 Å². The lowest BCUT2D eigenvalue weighted by Gasteiger charge is -2.22. The zero-order chi connectivity index (χ0) is 11.3. The van der Waals surface area contributed by atoms with Crippen LogP contribution in [0.5, 0.6) is 0 Å². The van der Waals surface area contributed by atoms with Crippen molar-refractivity contribution in [1.29, 1.82) is 5.41 Å². The molecule has 0 aliphatic carbocycles. The molecule has 1 amide bonds. The van der Waals surface area contributed by atoms with Crippen molar-refractivity contribution in [1.82, 2.24) is 4.90 Å². The summed E-state index contributed by atoms with van der Waals surface area (Å²) in [4.78, 5) is 13.3. The predicted molar refractivity (Wildman–Crippen MR) is 59.4 cm³/mol. The Morgan fingerprint density at radius 2 is 2.07 bits per heavy atom. The Morgan fingerprint density at radius 1 is 1.57 bits per heavy atom. The van der Waals surface area contributed by atoms with Crippen LogP contribution in [0.4, 0.5) is 0 Å². The summed E-state index contributed by atoms with van der Waals surface area (Å²) in [6.07, 6.45) is 2.62. The molecule has 0 heterocycles. The fraction of sp³-hybridized carbons (Fsp3) is 0.636.